The van der Waals surface area contributed by atoms with E-state index in [0.717, 1.165) is 11.1 Å². The minimum absolute atomic E-state index is 0.0593. The van der Waals surface area contributed by atoms with E-state index in [1.165, 1.54) is 4.74 Å². The Balaban J connectivity index is 1.49. The summed E-state index contributed by atoms with van der Waals surface area (Å²) in [4.78, 5) is 0. The number of hydrogen-bond acceptors (Lipinski definition) is 3. The second-order valence-electron chi connectivity index (χ2n) is 5.70. The van der Waals surface area contributed by atoms with Crippen LogP contribution in [0, 0.1) is 0 Å². The van der Waals surface area contributed by atoms with Gasteiger partial charge >= 0.3 is 0 Å². The van der Waals surface area contributed by atoms with Crippen LogP contribution in [0.25, 0.3) is 0 Å². The molecule has 1 heterocycles. The molecule has 2 atom stereocenters. The molecule has 0 aliphatic carbocycles. The Kier molecular flexibility index (Phi) is 5.40. The third-order valence-corrected chi connectivity index (χ3v) is 4.00. The van der Waals surface area contributed by atoms with Crippen molar-refractivity contribution in [2.75, 3.05) is 6.61 Å². The van der Waals surface area contributed by atoms with Gasteiger partial charge in [-0.25, -0.2) is 0 Å². The Labute approximate surface area is 136 Å². The lowest BCUT2D eigenvalue weighted by molar-refractivity contribution is -0.795. The molecule has 4 nitrogen and oxygen atoms in total. The normalized spacial score (nSPS) is 20.4. The Morgan fingerprint density at radius 1 is 0.913 bits per heavy atom. The molecule has 2 aromatic carbocycles. The standard InChI is InChI=1S/C19H22NO3/c21-20-12-11-19(23-14-17-9-5-2-6-10-17)18(20)15-22-13-16-7-3-1-4-8-16/h1-10,12,18-19,21H,11,13-15H2/q+1. The van der Waals surface area contributed by atoms with Gasteiger partial charge in [-0.15, -0.1) is 0 Å². The second-order valence-corrected chi connectivity index (χ2v) is 5.70. The van der Waals surface area contributed by atoms with Gasteiger partial charge in [0.1, 0.15) is 12.7 Å². The van der Waals surface area contributed by atoms with Crippen LogP contribution < -0.4 is 0 Å². The molecule has 2 aromatic rings. The van der Waals surface area contributed by atoms with Crippen molar-refractivity contribution in [3.8, 4) is 0 Å². The van der Waals surface area contributed by atoms with Crippen molar-refractivity contribution in [3.63, 3.8) is 0 Å². The predicted octanol–water partition coefficient (Wildman–Crippen LogP) is 3.03. The molecule has 0 spiro atoms. The second kappa shape index (κ2) is 7.90. The van der Waals surface area contributed by atoms with Crippen LogP contribution in [0.2, 0.25) is 0 Å². The van der Waals surface area contributed by atoms with Crippen molar-refractivity contribution >= 4 is 6.21 Å². The molecule has 3 rings (SSSR count). The van der Waals surface area contributed by atoms with E-state index in [0.29, 0.717) is 26.2 Å². The number of ether oxygens (including phenoxy) is 2. The van der Waals surface area contributed by atoms with Gasteiger partial charge in [-0.3, -0.25) is 5.21 Å². The first kappa shape index (κ1) is 15.7. The number of benzene rings is 2. The summed E-state index contributed by atoms with van der Waals surface area (Å²) in [6.07, 6.45) is 2.39. The zero-order valence-electron chi connectivity index (χ0n) is 13.0. The number of hydrogen-bond donors (Lipinski definition) is 1. The topological polar surface area (TPSA) is 41.7 Å². The molecule has 0 aromatic heterocycles. The van der Waals surface area contributed by atoms with Gasteiger partial charge in [-0.1, -0.05) is 60.7 Å². The third kappa shape index (κ3) is 4.41. The monoisotopic (exact) mass is 312 g/mol. The summed E-state index contributed by atoms with van der Waals surface area (Å²) < 4.78 is 12.9. The van der Waals surface area contributed by atoms with E-state index in [-0.39, 0.29) is 12.1 Å². The van der Waals surface area contributed by atoms with Crippen LogP contribution >= 0.6 is 0 Å². The van der Waals surface area contributed by atoms with Crippen LogP contribution in [0.15, 0.2) is 60.7 Å². The molecule has 4 heteroatoms. The SMILES string of the molecule is O[N+]1=CCC(OCc2ccccc2)C1COCc1ccccc1. The molecule has 0 saturated heterocycles. The molecular weight excluding hydrogens is 290 g/mol. The number of hydroxylamine groups is 1. The van der Waals surface area contributed by atoms with E-state index >= 15 is 0 Å². The maximum Gasteiger partial charge on any atom is 0.251 e. The molecule has 1 aliphatic heterocycles. The zero-order valence-corrected chi connectivity index (χ0v) is 13.0. The Morgan fingerprint density at radius 2 is 1.52 bits per heavy atom. The van der Waals surface area contributed by atoms with Gasteiger partial charge in [0, 0.05) is 0 Å². The first-order valence-corrected chi connectivity index (χ1v) is 7.90. The van der Waals surface area contributed by atoms with E-state index in [1.807, 2.05) is 60.7 Å². The van der Waals surface area contributed by atoms with Gasteiger partial charge in [-0.2, -0.15) is 0 Å². The number of nitrogens with zero attached hydrogens (tertiary/aromatic N) is 1. The average Bonchev–Trinajstić information content (AvgIpc) is 2.95. The molecule has 0 saturated carbocycles. The molecule has 1 N–H and O–H groups in total. The molecule has 23 heavy (non-hydrogen) atoms. The molecule has 0 fully saturated rings. The Morgan fingerprint density at radius 3 is 2.17 bits per heavy atom. The van der Waals surface area contributed by atoms with Gasteiger partial charge in [0.15, 0.2) is 6.21 Å². The lowest BCUT2D eigenvalue weighted by Crippen LogP contribution is -2.36. The maximum absolute atomic E-state index is 9.97. The fourth-order valence-electron chi connectivity index (χ4n) is 2.69. The van der Waals surface area contributed by atoms with E-state index in [9.17, 15) is 5.21 Å². The van der Waals surface area contributed by atoms with Crippen molar-refractivity contribution < 1.29 is 19.4 Å². The first-order valence-electron chi connectivity index (χ1n) is 7.90. The summed E-state index contributed by atoms with van der Waals surface area (Å²) in [5, 5.41) is 9.97. The lowest BCUT2D eigenvalue weighted by atomic mass is 10.1. The average molecular weight is 312 g/mol. The van der Waals surface area contributed by atoms with Gasteiger partial charge < -0.3 is 9.47 Å². The molecule has 1 aliphatic rings. The fraction of sp³-hybridized carbons (Fsp3) is 0.316. The lowest BCUT2D eigenvalue weighted by Gasteiger charge is -2.16. The van der Waals surface area contributed by atoms with Crippen molar-refractivity contribution in [3.05, 3.63) is 71.8 Å². The summed E-state index contributed by atoms with van der Waals surface area (Å²) in [5.41, 5.74) is 2.26. The molecule has 0 bridgehead atoms. The van der Waals surface area contributed by atoms with Crippen molar-refractivity contribution in [1.82, 2.24) is 0 Å². The predicted molar refractivity (Wildman–Crippen MR) is 87.6 cm³/mol. The summed E-state index contributed by atoms with van der Waals surface area (Å²) >= 11 is 0. The Bertz CT molecular complexity index is 628. The van der Waals surface area contributed by atoms with Crippen LogP contribution in [0.5, 0.6) is 0 Å². The van der Waals surface area contributed by atoms with Crippen molar-refractivity contribution in [1.29, 1.82) is 0 Å². The summed E-state index contributed by atoms with van der Waals surface area (Å²) in [5.74, 6) is 0. The van der Waals surface area contributed by atoms with Gasteiger partial charge in [-0.05, 0) is 15.9 Å². The van der Waals surface area contributed by atoms with E-state index < -0.39 is 0 Å². The highest BCUT2D eigenvalue weighted by atomic mass is 16.5. The highest BCUT2D eigenvalue weighted by molar-refractivity contribution is 5.53. The number of rotatable bonds is 7. The molecular formula is C19H22NO3+. The van der Waals surface area contributed by atoms with Crippen LogP contribution in [-0.2, 0) is 22.7 Å². The fourth-order valence-corrected chi connectivity index (χ4v) is 2.69. The highest BCUT2D eigenvalue weighted by Crippen LogP contribution is 2.16. The van der Waals surface area contributed by atoms with Crippen LogP contribution in [0.4, 0.5) is 0 Å². The molecule has 120 valence electrons. The molecule has 0 amide bonds. The largest absolute Gasteiger partial charge is 0.370 e. The van der Waals surface area contributed by atoms with Crippen LogP contribution in [0.1, 0.15) is 17.5 Å². The highest BCUT2D eigenvalue weighted by Gasteiger charge is 2.38. The smallest absolute Gasteiger partial charge is 0.251 e. The quantitative estimate of drug-likeness (QED) is 0.631. The van der Waals surface area contributed by atoms with E-state index in [2.05, 4.69) is 0 Å². The van der Waals surface area contributed by atoms with E-state index in [4.69, 9.17) is 9.47 Å². The summed E-state index contributed by atoms with van der Waals surface area (Å²) in [6.45, 7) is 1.51. The molecule has 2 unspecified atom stereocenters. The summed E-state index contributed by atoms with van der Waals surface area (Å²) in [6, 6.07) is 19.9. The van der Waals surface area contributed by atoms with Crippen LogP contribution in [0.3, 0.4) is 0 Å². The zero-order chi connectivity index (χ0) is 15.9. The van der Waals surface area contributed by atoms with Gasteiger partial charge in [0.25, 0.3) is 6.04 Å². The summed E-state index contributed by atoms with van der Waals surface area (Å²) in [7, 11) is 0. The van der Waals surface area contributed by atoms with E-state index in [1.54, 1.807) is 6.21 Å². The minimum Gasteiger partial charge on any atom is -0.370 e. The van der Waals surface area contributed by atoms with Crippen molar-refractivity contribution in [2.45, 2.75) is 31.8 Å². The third-order valence-electron chi connectivity index (χ3n) is 4.00. The molecule has 0 radical (unpaired) electrons. The Hall–Kier alpha value is -2.17. The van der Waals surface area contributed by atoms with Crippen molar-refractivity contribution in [2.24, 2.45) is 0 Å². The van der Waals surface area contributed by atoms with Gasteiger partial charge in [0.2, 0.25) is 0 Å². The minimum atomic E-state index is -0.164. The van der Waals surface area contributed by atoms with Gasteiger partial charge in [0.05, 0.1) is 19.6 Å². The maximum atomic E-state index is 9.97. The first-order chi connectivity index (χ1) is 11.3. The van der Waals surface area contributed by atoms with Crippen LogP contribution in [-0.4, -0.2) is 34.9 Å².